The minimum Gasteiger partial charge on any atom is -0.481 e. The molecule has 6 nitrogen and oxygen atoms in total. The van der Waals surface area contributed by atoms with Crippen molar-refractivity contribution in [3.63, 3.8) is 0 Å². The number of hydrogen-bond acceptors (Lipinski definition) is 4. The van der Waals surface area contributed by atoms with Crippen LogP contribution in [0.1, 0.15) is 37.2 Å². The number of carboxylic acids is 1. The molecule has 1 rings (SSSR count). The first kappa shape index (κ1) is 19.5. The fraction of sp³-hybridized carbons (Fsp3) is 0.688. The third kappa shape index (κ3) is 7.07. The van der Waals surface area contributed by atoms with Crippen LogP contribution in [-0.4, -0.2) is 44.8 Å². The first-order valence-corrected chi connectivity index (χ1v) is 9.05. The van der Waals surface area contributed by atoms with Gasteiger partial charge in [0, 0.05) is 31.0 Å². The van der Waals surface area contributed by atoms with E-state index < -0.39 is 5.97 Å². The number of nitrogens with one attached hydrogen (secondary N) is 1. The van der Waals surface area contributed by atoms with Crippen LogP contribution in [0.2, 0.25) is 0 Å². The molecule has 0 saturated carbocycles. The Hall–Kier alpha value is -1.50. The summed E-state index contributed by atoms with van der Waals surface area (Å²) in [7, 11) is 0. The molecule has 0 bridgehead atoms. The van der Waals surface area contributed by atoms with Gasteiger partial charge in [0.15, 0.2) is 0 Å². The maximum Gasteiger partial charge on any atom is 0.313 e. The molecule has 0 atom stereocenters. The van der Waals surface area contributed by atoms with Crippen molar-refractivity contribution in [1.82, 2.24) is 15.1 Å². The Labute approximate surface area is 142 Å². The van der Waals surface area contributed by atoms with E-state index in [0.29, 0.717) is 31.1 Å². The Balaban J connectivity index is 2.38. The molecule has 0 saturated heterocycles. The Morgan fingerprint density at radius 3 is 2.65 bits per heavy atom. The molecule has 130 valence electrons. The number of aryl methyl sites for hydroxylation is 1. The number of aromatic nitrogens is 2. The number of carboxylic acid groups (broad SMARTS) is 1. The van der Waals surface area contributed by atoms with E-state index in [0.717, 1.165) is 23.5 Å². The number of nitrogens with zero attached hydrogens (tertiary/aromatic N) is 2. The van der Waals surface area contributed by atoms with Crippen LogP contribution in [0.15, 0.2) is 0 Å². The topological polar surface area (TPSA) is 84.2 Å². The highest BCUT2D eigenvalue weighted by molar-refractivity contribution is 7.99. The summed E-state index contributed by atoms with van der Waals surface area (Å²) in [6.07, 6.45) is 1.11. The summed E-state index contributed by atoms with van der Waals surface area (Å²) < 4.78 is 2.02. The SMILES string of the molecule is Cc1nn(CC(C)C)c(C)c1CCC(=O)NCCSCC(=O)O. The highest BCUT2D eigenvalue weighted by atomic mass is 32.2. The second-order valence-electron chi connectivity index (χ2n) is 6.02. The van der Waals surface area contributed by atoms with Gasteiger partial charge in [-0.15, -0.1) is 11.8 Å². The summed E-state index contributed by atoms with van der Waals surface area (Å²) in [5, 5.41) is 15.9. The van der Waals surface area contributed by atoms with Gasteiger partial charge in [0.25, 0.3) is 0 Å². The second-order valence-corrected chi connectivity index (χ2v) is 7.13. The van der Waals surface area contributed by atoms with Crippen molar-refractivity contribution in [2.24, 2.45) is 5.92 Å². The molecular weight excluding hydrogens is 314 g/mol. The maximum absolute atomic E-state index is 11.9. The zero-order chi connectivity index (χ0) is 17.4. The number of carbonyl (C=O) groups is 2. The zero-order valence-electron chi connectivity index (χ0n) is 14.4. The van der Waals surface area contributed by atoms with E-state index in [1.54, 1.807) is 0 Å². The smallest absolute Gasteiger partial charge is 0.313 e. The molecule has 7 heteroatoms. The first-order valence-electron chi connectivity index (χ1n) is 7.90. The Morgan fingerprint density at radius 1 is 1.35 bits per heavy atom. The van der Waals surface area contributed by atoms with Crippen LogP contribution < -0.4 is 5.32 Å². The lowest BCUT2D eigenvalue weighted by Crippen LogP contribution is -2.26. The van der Waals surface area contributed by atoms with Gasteiger partial charge in [0.1, 0.15) is 0 Å². The van der Waals surface area contributed by atoms with Gasteiger partial charge in [0.2, 0.25) is 5.91 Å². The Bertz CT molecular complexity index is 541. The van der Waals surface area contributed by atoms with Gasteiger partial charge in [-0.25, -0.2) is 0 Å². The summed E-state index contributed by atoms with van der Waals surface area (Å²) in [4.78, 5) is 22.2. The molecule has 0 aliphatic carbocycles. The summed E-state index contributed by atoms with van der Waals surface area (Å²) >= 11 is 1.30. The van der Waals surface area contributed by atoms with E-state index in [4.69, 9.17) is 5.11 Å². The highest BCUT2D eigenvalue weighted by Crippen LogP contribution is 2.16. The molecule has 1 heterocycles. The molecule has 1 aromatic rings. The normalized spacial score (nSPS) is 11.0. The van der Waals surface area contributed by atoms with Crippen LogP contribution in [0, 0.1) is 19.8 Å². The minimum absolute atomic E-state index is 0.00339. The molecule has 23 heavy (non-hydrogen) atoms. The summed E-state index contributed by atoms with van der Waals surface area (Å²) in [5.74, 6) is 0.389. The summed E-state index contributed by atoms with van der Waals surface area (Å²) in [5.41, 5.74) is 3.29. The highest BCUT2D eigenvalue weighted by Gasteiger charge is 2.13. The van der Waals surface area contributed by atoms with Crippen LogP contribution in [0.5, 0.6) is 0 Å². The quantitative estimate of drug-likeness (QED) is 0.636. The summed E-state index contributed by atoms with van der Waals surface area (Å²) in [6.45, 7) is 9.75. The van der Waals surface area contributed by atoms with E-state index in [-0.39, 0.29) is 11.7 Å². The molecule has 2 N–H and O–H groups in total. The van der Waals surface area contributed by atoms with Crippen LogP contribution in [0.3, 0.4) is 0 Å². The molecule has 0 aliphatic heterocycles. The summed E-state index contributed by atoms with van der Waals surface area (Å²) in [6, 6.07) is 0. The van der Waals surface area contributed by atoms with E-state index in [1.807, 2.05) is 11.6 Å². The van der Waals surface area contributed by atoms with E-state index in [2.05, 4.69) is 31.2 Å². The van der Waals surface area contributed by atoms with Crippen molar-refractivity contribution in [3.05, 3.63) is 17.0 Å². The third-order valence-electron chi connectivity index (χ3n) is 3.47. The zero-order valence-corrected chi connectivity index (χ0v) is 15.2. The van der Waals surface area contributed by atoms with Gasteiger partial charge in [-0.3, -0.25) is 14.3 Å². The number of carbonyl (C=O) groups excluding carboxylic acids is 1. The Morgan fingerprint density at radius 2 is 2.04 bits per heavy atom. The van der Waals surface area contributed by atoms with Crippen molar-refractivity contribution in [2.75, 3.05) is 18.1 Å². The maximum atomic E-state index is 11.9. The molecule has 1 aromatic heterocycles. The third-order valence-corrected chi connectivity index (χ3v) is 4.41. The molecule has 0 spiro atoms. The van der Waals surface area contributed by atoms with Crippen molar-refractivity contribution >= 4 is 23.6 Å². The van der Waals surface area contributed by atoms with Gasteiger partial charge < -0.3 is 10.4 Å². The molecule has 0 aliphatic rings. The lowest BCUT2D eigenvalue weighted by Gasteiger charge is -2.08. The second kappa shape index (κ2) is 9.60. The number of aliphatic carboxylic acids is 1. The van der Waals surface area contributed by atoms with Gasteiger partial charge in [-0.05, 0) is 31.7 Å². The van der Waals surface area contributed by atoms with Gasteiger partial charge in [-0.2, -0.15) is 5.10 Å². The van der Waals surface area contributed by atoms with Crippen LogP contribution >= 0.6 is 11.8 Å². The van der Waals surface area contributed by atoms with Gasteiger partial charge >= 0.3 is 5.97 Å². The number of thioether (sulfide) groups is 1. The predicted molar refractivity (Wildman–Crippen MR) is 92.8 cm³/mol. The molecular formula is C16H27N3O3S. The molecule has 0 fully saturated rings. The lowest BCUT2D eigenvalue weighted by atomic mass is 10.1. The predicted octanol–water partition coefficient (Wildman–Crippen LogP) is 2.02. The molecule has 0 aromatic carbocycles. The van der Waals surface area contributed by atoms with Crippen molar-refractivity contribution in [2.45, 2.75) is 47.1 Å². The standard InChI is InChI=1S/C16H27N3O3S/c1-11(2)9-19-13(4)14(12(3)18-19)5-6-15(20)17-7-8-23-10-16(21)22/h11H,5-10H2,1-4H3,(H,17,20)(H,21,22). The van der Waals surface area contributed by atoms with E-state index in [1.165, 1.54) is 11.8 Å². The van der Waals surface area contributed by atoms with Crippen molar-refractivity contribution in [3.8, 4) is 0 Å². The average Bonchev–Trinajstić information content (AvgIpc) is 2.70. The first-order chi connectivity index (χ1) is 10.8. The molecule has 0 radical (unpaired) electrons. The van der Waals surface area contributed by atoms with Crippen molar-refractivity contribution < 1.29 is 14.7 Å². The lowest BCUT2D eigenvalue weighted by molar-refractivity contribution is -0.133. The monoisotopic (exact) mass is 341 g/mol. The molecule has 0 unspecified atom stereocenters. The van der Waals surface area contributed by atoms with Crippen LogP contribution in [-0.2, 0) is 22.6 Å². The minimum atomic E-state index is -0.828. The number of rotatable bonds is 10. The van der Waals surface area contributed by atoms with E-state index in [9.17, 15) is 9.59 Å². The average molecular weight is 341 g/mol. The number of amides is 1. The fourth-order valence-corrected chi connectivity index (χ4v) is 2.93. The van der Waals surface area contributed by atoms with Gasteiger partial charge in [0.05, 0.1) is 11.4 Å². The van der Waals surface area contributed by atoms with Crippen molar-refractivity contribution in [1.29, 1.82) is 0 Å². The Kier molecular flexibility index (Phi) is 8.16. The van der Waals surface area contributed by atoms with E-state index >= 15 is 0 Å². The van der Waals surface area contributed by atoms with Crippen LogP contribution in [0.4, 0.5) is 0 Å². The van der Waals surface area contributed by atoms with Gasteiger partial charge in [-0.1, -0.05) is 13.8 Å². The largest absolute Gasteiger partial charge is 0.481 e. The fourth-order valence-electron chi connectivity index (χ4n) is 2.37. The number of hydrogen-bond donors (Lipinski definition) is 2. The van der Waals surface area contributed by atoms with Crippen LogP contribution in [0.25, 0.3) is 0 Å². The molecule has 1 amide bonds.